The van der Waals surface area contributed by atoms with Gasteiger partial charge in [0.1, 0.15) is 5.01 Å². The van der Waals surface area contributed by atoms with Crippen LogP contribution in [0.1, 0.15) is 26.7 Å². The van der Waals surface area contributed by atoms with Gasteiger partial charge in [0.25, 0.3) is 0 Å². The molecule has 18 heavy (non-hydrogen) atoms. The molecule has 0 radical (unpaired) electrons. The minimum absolute atomic E-state index is 0.767. The van der Waals surface area contributed by atoms with Crippen LogP contribution in [-0.2, 0) is 0 Å². The van der Waals surface area contributed by atoms with E-state index in [0.29, 0.717) is 0 Å². The summed E-state index contributed by atoms with van der Waals surface area (Å²) in [6.45, 7) is 5.56. The van der Waals surface area contributed by atoms with Gasteiger partial charge >= 0.3 is 0 Å². The van der Waals surface area contributed by atoms with E-state index in [1.54, 1.807) is 11.3 Å². The third-order valence-corrected chi connectivity index (χ3v) is 4.14. The summed E-state index contributed by atoms with van der Waals surface area (Å²) in [5.41, 5.74) is 2.39. The minimum atomic E-state index is 0.767. The summed E-state index contributed by atoms with van der Waals surface area (Å²) >= 11 is 1.68. The van der Waals surface area contributed by atoms with Crippen LogP contribution in [0.4, 0.5) is 5.69 Å². The average molecular weight is 260 g/mol. The van der Waals surface area contributed by atoms with Gasteiger partial charge in [0, 0.05) is 29.4 Å². The fraction of sp³-hybridized carbons (Fsp3) is 0.400. The Morgan fingerprint density at radius 1 is 1.17 bits per heavy atom. The van der Waals surface area contributed by atoms with Crippen molar-refractivity contribution in [1.82, 2.24) is 4.98 Å². The Kier molecular flexibility index (Phi) is 4.76. The molecule has 96 valence electrons. The molecule has 0 bridgehead atoms. The summed E-state index contributed by atoms with van der Waals surface area (Å²) < 4.78 is 0. The minimum Gasteiger partial charge on any atom is -0.385 e. The standard InChI is InChI=1S/C15H20N2S/c1-3-12(4-2)11-17-14-7-5-13(6-8-14)15-16-9-10-18-15/h5-10,12,17H,3-4,11H2,1-2H3. The molecule has 0 aliphatic heterocycles. The van der Waals surface area contributed by atoms with Crippen molar-refractivity contribution in [1.29, 1.82) is 0 Å². The second-order valence-corrected chi connectivity index (χ2v) is 5.37. The number of nitrogens with zero attached hydrogens (tertiary/aromatic N) is 1. The molecule has 1 heterocycles. The lowest BCUT2D eigenvalue weighted by Gasteiger charge is -2.14. The Bertz CT molecular complexity index is 444. The van der Waals surface area contributed by atoms with Crippen molar-refractivity contribution < 1.29 is 0 Å². The SMILES string of the molecule is CCC(CC)CNc1ccc(-c2nccs2)cc1. The number of aromatic nitrogens is 1. The summed E-state index contributed by atoms with van der Waals surface area (Å²) in [4.78, 5) is 4.32. The first-order valence-electron chi connectivity index (χ1n) is 6.57. The lowest BCUT2D eigenvalue weighted by molar-refractivity contribution is 0.519. The predicted octanol–water partition coefficient (Wildman–Crippen LogP) is 4.66. The number of benzene rings is 1. The number of anilines is 1. The summed E-state index contributed by atoms with van der Waals surface area (Å²) in [7, 11) is 0. The van der Waals surface area contributed by atoms with Crippen molar-refractivity contribution in [2.45, 2.75) is 26.7 Å². The number of nitrogens with one attached hydrogen (secondary N) is 1. The first-order valence-corrected chi connectivity index (χ1v) is 7.45. The Balaban J connectivity index is 1.96. The van der Waals surface area contributed by atoms with Gasteiger partial charge in [0.2, 0.25) is 0 Å². The molecule has 0 aliphatic carbocycles. The molecular formula is C15H20N2S. The second-order valence-electron chi connectivity index (χ2n) is 4.48. The van der Waals surface area contributed by atoms with Crippen LogP contribution < -0.4 is 5.32 Å². The molecule has 0 saturated heterocycles. The lowest BCUT2D eigenvalue weighted by atomic mass is 10.0. The molecule has 0 spiro atoms. The first kappa shape index (κ1) is 13.1. The molecular weight excluding hydrogens is 240 g/mol. The molecule has 1 N–H and O–H groups in total. The smallest absolute Gasteiger partial charge is 0.123 e. The normalized spacial score (nSPS) is 10.8. The molecule has 3 heteroatoms. The third kappa shape index (κ3) is 3.33. The van der Waals surface area contributed by atoms with E-state index in [9.17, 15) is 0 Å². The fourth-order valence-corrected chi connectivity index (χ4v) is 2.58. The highest BCUT2D eigenvalue weighted by atomic mass is 32.1. The van der Waals surface area contributed by atoms with Crippen LogP contribution in [0, 0.1) is 5.92 Å². The quantitative estimate of drug-likeness (QED) is 0.817. The summed E-state index contributed by atoms with van der Waals surface area (Å²) in [6.07, 6.45) is 4.32. The van der Waals surface area contributed by atoms with Gasteiger partial charge in [0.05, 0.1) is 0 Å². The molecule has 0 fully saturated rings. The van der Waals surface area contributed by atoms with Crippen molar-refractivity contribution in [3.05, 3.63) is 35.8 Å². The number of thiazole rings is 1. The molecule has 2 aromatic rings. The maximum atomic E-state index is 4.32. The van der Waals surface area contributed by atoms with Crippen molar-refractivity contribution in [2.24, 2.45) is 5.92 Å². The van der Waals surface area contributed by atoms with E-state index in [4.69, 9.17) is 0 Å². The van der Waals surface area contributed by atoms with Crippen LogP contribution in [0.25, 0.3) is 10.6 Å². The molecule has 1 aromatic carbocycles. The zero-order chi connectivity index (χ0) is 12.8. The van der Waals surface area contributed by atoms with Crippen LogP contribution in [0.2, 0.25) is 0 Å². The number of rotatable bonds is 6. The van der Waals surface area contributed by atoms with Crippen LogP contribution in [0.3, 0.4) is 0 Å². The highest BCUT2D eigenvalue weighted by Gasteiger charge is 2.03. The highest BCUT2D eigenvalue weighted by Crippen LogP contribution is 2.23. The second kappa shape index (κ2) is 6.55. The van der Waals surface area contributed by atoms with Crippen LogP contribution in [0.15, 0.2) is 35.8 Å². The van der Waals surface area contributed by atoms with E-state index in [1.165, 1.54) is 24.1 Å². The maximum absolute atomic E-state index is 4.32. The van der Waals surface area contributed by atoms with E-state index >= 15 is 0 Å². The first-order chi connectivity index (χ1) is 8.83. The van der Waals surface area contributed by atoms with Gasteiger partial charge in [-0.3, -0.25) is 0 Å². The average Bonchev–Trinajstić information content (AvgIpc) is 2.94. The van der Waals surface area contributed by atoms with Gasteiger partial charge in [-0.1, -0.05) is 26.7 Å². The van der Waals surface area contributed by atoms with Gasteiger partial charge in [-0.15, -0.1) is 11.3 Å². The van der Waals surface area contributed by atoms with E-state index in [-0.39, 0.29) is 0 Å². The predicted molar refractivity (Wildman–Crippen MR) is 80.1 cm³/mol. The largest absolute Gasteiger partial charge is 0.385 e. The Labute approximate surface area is 113 Å². The zero-order valence-electron chi connectivity index (χ0n) is 11.0. The van der Waals surface area contributed by atoms with Crippen molar-refractivity contribution in [3.8, 4) is 10.6 Å². The Morgan fingerprint density at radius 3 is 2.44 bits per heavy atom. The molecule has 0 amide bonds. The van der Waals surface area contributed by atoms with Crippen LogP contribution in [0.5, 0.6) is 0 Å². The number of hydrogen-bond acceptors (Lipinski definition) is 3. The summed E-state index contributed by atoms with van der Waals surface area (Å²) in [5, 5.41) is 6.60. The fourth-order valence-electron chi connectivity index (χ4n) is 1.94. The molecule has 0 atom stereocenters. The van der Waals surface area contributed by atoms with Crippen molar-refractivity contribution in [3.63, 3.8) is 0 Å². The third-order valence-electron chi connectivity index (χ3n) is 3.31. The van der Waals surface area contributed by atoms with E-state index in [0.717, 1.165) is 17.5 Å². The molecule has 2 rings (SSSR count). The molecule has 0 saturated carbocycles. The summed E-state index contributed by atoms with van der Waals surface area (Å²) in [5.74, 6) is 0.767. The molecule has 0 aliphatic rings. The van der Waals surface area contributed by atoms with Crippen molar-refractivity contribution in [2.75, 3.05) is 11.9 Å². The Hall–Kier alpha value is -1.35. The number of hydrogen-bond donors (Lipinski definition) is 1. The zero-order valence-corrected chi connectivity index (χ0v) is 11.8. The monoisotopic (exact) mass is 260 g/mol. The van der Waals surface area contributed by atoms with Gasteiger partial charge < -0.3 is 5.32 Å². The molecule has 1 aromatic heterocycles. The van der Waals surface area contributed by atoms with E-state index < -0.39 is 0 Å². The van der Waals surface area contributed by atoms with Crippen LogP contribution in [-0.4, -0.2) is 11.5 Å². The molecule has 0 unspecified atom stereocenters. The van der Waals surface area contributed by atoms with Gasteiger partial charge in [-0.05, 0) is 30.2 Å². The van der Waals surface area contributed by atoms with Gasteiger partial charge in [-0.25, -0.2) is 4.98 Å². The lowest BCUT2D eigenvalue weighted by Crippen LogP contribution is -2.12. The van der Waals surface area contributed by atoms with Crippen LogP contribution >= 0.6 is 11.3 Å². The van der Waals surface area contributed by atoms with Gasteiger partial charge in [0.15, 0.2) is 0 Å². The Morgan fingerprint density at radius 2 is 1.89 bits per heavy atom. The van der Waals surface area contributed by atoms with E-state index in [2.05, 4.69) is 48.4 Å². The van der Waals surface area contributed by atoms with E-state index in [1.807, 2.05) is 11.6 Å². The maximum Gasteiger partial charge on any atom is 0.123 e. The van der Waals surface area contributed by atoms with Gasteiger partial charge in [-0.2, -0.15) is 0 Å². The summed E-state index contributed by atoms with van der Waals surface area (Å²) in [6, 6.07) is 8.54. The highest BCUT2D eigenvalue weighted by molar-refractivity contribution is 7.13. The molecule has 2 nitrogen and oxygen atoms in total. The topological polar surface area (TPSA) is 24.9 Å². The van der Waals surface area contributed by atoms with Crippen molar-refractivity contribution >= 4 is 17.0 Å².